The fourth-order valence-corrected chi connectivity index (χ4v) is 1.33. The maximum atomic E-state index is 11.9. The molecule has 3 nitrogen and oxygen atoms in total. The molecule has 0 aliphatic carbocycles. The van der Waals surface area contributed by atoms with Crippen LogP contribution in [0.5, 0.6) is 5.75 Å². The summed E-state index contributed by atoms with van der Waals surface area (Å²) >= 11 is 5.66. The minimum Gasteiger partial charge on any atom is -0.406 e. The smallest absolute Gasteiger partial charge is 0.406 e. The van der Waals surface area contributed by atoms with E-state index in [1.165, 1.54) is 0 Å². The first kappa shape index (κ1) is 11.9. The highest BCUT2D eigenvalue weighted by Crippen LogP contribution is 2.31. The molecule has 0 bridgehead atoms. The first-order valence-corrected chi connectivity index (χ1v) is 4.25. The van der Waals surface area contributed by atoms with E-state index in [1.807, 2.05) is 0 Å². The Hall–Kier alpha value is -1.14. The summed E-state index contributed by atoms with van der Waals surface area (Å²) in [7, 11) is 0. The molecule has 0 aliphatic heterocycles. The zero-order valence-electron chi connectivity index (χ0n) is 7.44. The third kappa shape index (κ3) is 3.17. The molecule has 0 saturated carbocycles. The van der Waals surface area contributed by atoms with Crippen LogP contribution < -0.4 is 16.2 Å². The standard InChI is InChI=1S/C8H8ClF3N2O/c9-6-1-4(15-8(10,11)12)2-7(14)5(6)3-13/h1-2H,3,13-14H2. The Labute approximate surface area is 88.8 Å². The summed E-state index contributed by atoms with van der Waals surface area (Å²) in [6.45, 7) is 0.0525. The Balaban J connectivity index is 3.04. The van der Waals surface area contributed by atoms with Gasteiger partial charge in [-0.2, -0.15) is 0 Å². The number of alkyl halides is 3. The van der Waals surface area contributed by atoms with Crippen molar-refractivity contribution in [3.05, 3.63) is 22.7 Å². The molecular formula is C8H8ClF3N2O. The summed E-state index contributed by atoms with van der Waals surface area (Å²) in [4.78, 5) is 0. The zero-order valence-corrected chi connectivity index (χ0v) is 8.19. The molecule has 0 unspecified atom stereocenters. The first-order chi connectivity index (χ1) is 6.83. The van der Waals surface area contributed by atoms with E-state index in [0.717, 1.165) is 12.1 Å². The zero-order chi connectivity index (χ0) is 11.6. The highest BCUT2D eigenvalue weighted by molar-refractivity contribution is 6.31. The van der Waals surface area contributed by atoms with Crippen LogP contribution in [-0.2, 0) is 6.54 Å². The van der Waals surface area contributed by atoms with Crippen molar-refractivity contribution in [3.8, 4) is 5.75 Å². The van der Waals surface area contributed by atoms with Crippen LogP contribution in [0.1, 0.15) is 5.56 Å². The monoisotopic (exact) mass is 240 g/mol. The molecule has 0 spiro atoms. The molecule has 0 radical (unpaired) electrons. The fraction of sp³-hybridized carbons (Fsp3) is 0.250. The van der Waals surface area contributed by atoms with Crippen molar-refractivity contribution in [3.63, 3.8) is 0 Å². The Morgan fingerprint density at radius 3 is 2.33 bits per heavy atom. The average molecular weight is 241 g/mol. The molecule has 0 heterocycles. The van der Waals surface area contributed by atoms with E-state index in [4.69, 9.17) is 23.1 Å². The van der Waals surface area contributed by atoms with Crippen molar-refractivity contribution < 1.29 is 17.9 Å². The average Bonchev–Trinajstić information content (AvgIpc) is 1.99. The van der Waals surface area contributed by atoms with Gasteiger partial charge in [0, 0.05) is 23.9 Å². The highest BCUT2D eigenvalue weighted by Gasteiger charge is 2.31. The lowest BCUT2D eigenvalue weighted by molar-refractivity contribution is -0.274. The van der Waals surface area contributed by atoms with Crippen molar-refractivity contribution in [2.24, 2.45) is 5.73 Å². The molecule has 1 aromatic rings. The number of ether oxygens (including phenoxy) is 1. The van der Waals surface area contributed by atoms with Gasteiger partial charge in [0.05, 0.1) is 5.02 Å². The maximum absolute atomic E-state index is 11.9. The second kappa shape index (κ2) is 4.16. The van der Waals surface area contributed by atoms with Crippen LogP contribution in [0.15, 0.2) is 12.1 Å². The first-order valence-electron chi connectivity index (χ1n) is 3.87. The molecule has 0 amide bonds. The van der Waals surface area contributed by atoms with Crippen molar-refractivity contribution in [1.82, 2.24) is 0 Å². The highest BCUT2D eigenvalue weighted by atomic mass is 35.5. The minimum absolute atomic E-state index is 0.0525. The van der Waals surface area contributed by atoms with Crippen LogP contribution in [-0.4, -0.2) is 6.36 Å². The Morgan fingerprint density at radius 1 is 1.33 bits per heavy atom. The van der Waals surface area contributed by atoms with Gasteiger partial charge in [0.1, 0.15) is 5.75 Å². The molecular weight excluding hydrogens is 233 g/mol. The summed E-state index contributed by atoms with van der Waals surface area (Å²) in [6, 6.07) is 2.05. The SMILES string of the molecule is NCc1c(N)cc(OC(F)(F)F)cc1Cl. The fourth-order valence-electron chi connectivity index (χ4n) is 1.04. The van der Waals surface area contributed by atoms with E-state index in [2.05, 4.69) is 4.74 Å². The van der Waals surface area contributed by atoms with Gasteiger partial charge in [-0.3, -0.25) is 0 Å². The van der Waals surface area contributed by atoms with Crippen LogP contribution >= 0.6 is 11.6 Å². The second-order valence-corrected chi connectivity index (χ2v) is 3.13. The quantitative estimate of drug-likeness (QED) is 0.780. The normalized spacial score (nSPS) is 11.5. The van der Waals surface area contributed by atoms with Gasteiger partial charge in [-0.25, -0.2) is 0 Å². The van der Waals surface area contributed by atoms with Gasteiger partial charge in [0.15, 0.2) is 0 Å². The van der Waals surface area contributed by atoms with Gasteiger partial charge in [0.25, 0.3) is 0 Å². The number of benzene rings is 1. The third-order valence-electron chi connectivity index (χ3n) is 1.64. The van der Waals surface area contributed by atoms with Crippen LogP contribution in [0.2, 0.25) is 5.02 Å². The molecule has 15 heavy (non-hydrogen) atoms. The Bertz CT molecular complexity index is 344. The predicted octanol–water partition coefficient (Wildman–Crippen LogP) is 2.28. The van der Waals surface area contributed by atoms with Gasteiger partial charge in [-0.05, 0) is 6.07 Å². The maximum Gasteiger partial charge on any atom is 0.573 e. The van der Waals surface area contributed by atoms with Crippen molar-refractivity contribution in [2.75, 3.05) is 5.73 Å². The predicted molar refractivity (Wildman–Crippen MR) is 50.4 cm³/mol. The van der Waals surface area contributed by atoms with E-state index in [9.17, 15) is 13.2 Å². The molecule has 84 valence electrons. The lowest BCUT2D eigenvalue weighted by Gasteiger charge is -2.12. The van der Waals surface area contributed by atoms with Crippen LogP contribution in [0.3, 0.4) is 0 Å². The van der Waals surface area contributed by atoms with Crippen LogP contribution in [0.4, 0.5) is 18.9 Å². The number of anilines is 1. The molecule has 1 aromatic carbocycles. The Kier molecular flexibility index (Phi) is 3.31. The molecule has 4 N–H and O–H groups in total. The number of hydrogen-bond donors (Lipinski definition) is 2. The number of halogens is 4. The van der Waals surface area contributed by atoms with Gasteiger partial charge in [0.2, 0.25) is 0 Å². The van der Waals surface area contributed by atoms with E-state index in [1.54, 1.807) is 0 Å². The van der Waals surface area contributed by atoms with Gasteiger partial charge < -0.3 is 16.2 Å². The number of nitrogens with two attached hydrogens (primary N) is 2. The summed E-state index contributed by atoms with van der Waals surface area (Å²) < 4.78 is 39.2. The van der Waals surface area contributed by atoms with Crippen molar-refractivity contribution in [2.45, 2.75) is 12.9 Å². The topological polar surface area (TPSA) is 61.3 Å². The summed E-state index contributed by atoms with van der Waals surface area (Å²) in [5.41, 5.74) is 11.2. The van der Waals surface area contributed by atoms with Crippen LogP contribution in [0, 0.1) is 0 Å². The molecule has 0 aliphatic rings. The van der Waals surface area contributed by atoms with E-state index >= 15 is 0 Å². The molecule has 0 saturated heterocycles. The minimum atomic E-state index is -4.76. The van der Waals surface area contributed by atoms with Crippen molar-refractivity contribution >= 4 is 17.3 Å². The van der Waals surface area contributed by atoms with Crippen LogP contribution in [0.25, 0.3) is 0 Å². The number of rotatable bonds is 2. The molecule has 0 atom stereocenters. The summed E-state index contributed by atoms with van der Waals surface area (Å²) in [5.74, 6) is -0.456. The second-order valence-electron chi connectivity index (χ2n) is 2.72. The molecule has 7 heteroatoms. The number of hydrogen-bond acceptors (Lipinski definition) is 3. The lowest BCUT2D eigenvalue weighted by atomic mass is 10.2. The summed E-state index contributed by atoms with van der Waals surface area (Å²) in [6.07, 6.45) is -4.76. The molecule has 1 rings (SSSR count). The van der Waals surface area contributed by atoms with E-state index in [0.29, 0.717) is 5.56 Å². The lowest BCUT2D eigenvalue weighted by Crippen LogP contribution is -2.17. The third-order valence-corrected chi connectivity index (χ3v) is 1.98. The molecule has 0 aromatic heterocycles. The van der Waals surface area contributed by atoms with Gasteiger partial charge >= 0.3 is 6.36 Å². The summed E-state index contributed by atoms with van der Waals surface area (Å²) in [5, 5.41) is 0.0525. The Morgan fingerprint density at radius 2 is 1.93 bits per heavy atom. The van der Waals surface area contributed by atoms with Gasteiger partial charge in [-0.1, -0.05) is 11.6 Å². The molecule has 0 fully saturated rings. The largest absolute Gasteiger partial charge is 0.573 e. The van der Waals surface area contributed by atoms with E-state index in [-0.39, 0.29) is 17.3 Å². The number of nitrogen functional groups attached to an aromatic ring is 1. The van der Waals surface area contributed by atoms with Gasteiger partial charge in [-0.15, -0.1) is 13.2 Å². The van der Waals surface area contributed by atoms with E-state index < -0.39 is 12.1 Å². The van der Waals surface area contributed by atoms with Crippen molar-refractivity contribution in [1.29, 1.82) is 0 Å².